The molecule has 1 heterocycles. The summed E-state index contributed by atoms with van der Waals surface area (Å²) in [6, 6.07) is 17.7. The highest BCUT2D eigenvalue weighted by atomic mass is 16.5. The molecule has 0 saturated heterocycles. The van der Waals surface area contributed by atoms with Gasteiger partial charge in [-0.05, 0) is 29.0 Å². The molecule has 1 aromatic heterocycles. The maximum Gasteiger partial charge on any atom is 0.230 e. The second-order valence-corrected chi connectivity index (χ2v) is 6.79. The lowest BCUT2D eigenvalue weighted by molar-refractivity contribution is 0.132. The number of rotatable bonds is 10. The number of aromatic nitrogens is 2. The van der Waals surface area contributed by atoms with Crippen LogP contribution in [0.25, 0.3) is 21.7 Å². The molecule has 4 aromatic rings. The smallest absolute Gasteiger partial charge is 0.230 e. The topological polar surface area (TPSA) is 71.9 Å². The predicted molar refractivity (Wildman–Crippen MR) is 118 cm³/mol. The van der Waals surface area contributed by atoms with Crippen molar-refractivity contribution in [2.75, 3.05) is 40.6 Å². The lowest BCUT2D eigenvalue weighted by Gasteiger charge is -2.15. The molecule has 0 fully saturated rings. The summed E-state index contributed by atoms with van der Waals surface area (Å²) in [5.74, 6) is 2.29. The monoisotopic (exact) mass is 420 g/mol. The Kier molecular flexibility index (Phi) is 6.76. The van der Waals surface area contributed by atoms with E-state index in [1.54, 1.807) is 14.2 Å². The van der Waals surface area contributed by atoms with Crippen LogP contribution in [-0.2, 0) is 9.47 Å². The van der Waals surface area contributed by atoms with E-state index >= 15 is 0 Å². The summed E-state index contributed by atoms with van der Waals surface area (Å²) >= 11 is 0. The molecule has 0 N–H and O–H groups in total. The molecule has 3 aromatic carbocycles. The van der Waals surface area contributed by atoms with E-state index in [9.17, 15) is 0 Å². The van der Waals surface area contributed by atoms with Crippen molar-refractivity contribution in [2.24, 2.45) is 0 Å². The molecule has 0 atom stereocenters. The number of ether oxygens (including phenoxy) is 5. The van der Waals surface area contributed by atoms with Crippen LogP contribution in [0.2, 0.25) is 0 Å². The van der Waals surface area contributed by atoms with Gasteiger partial charge in [0.1, 0.15) is 25.3 Å². The summed E-state index contributed by atoms with van der Waals surface area (Å²) in [5.41, 5.74) is 0.692. The Morgan fingerprint density at radius 3 is 2.16 bits per heavy atom. The third-order valence-corrected chi connectivity index (χ3v) is 4.69. The first-order valence-electron chi connectivity index (χ1n) is 9.97. The summed E-state index contributed by atoms with van der Waals surface area (Å²) in [4.78, 5) is 8.73. The van der Waals surface area contributed by atoms with E-state index in [2.05, 4.69) is 16.0 Å². The van der Waals surface area contributed by atoms with Crippen molar-refractivity contribution < 1.29 is 23.7 Å². The molecule has 160 valence electrons. The predicted octanol–water partition coefficient (Wildman–Crippen LogP) is 4.63. The summed E-state index contributed by atoms with van der Waals surface area (Å²) in [5, 5.41) is 2.96. The molecule has 7 nitrogen and oxygen atoms in total. The van der Waals surface area contributed by atoms with Crippen molar-refractivity contribution in [3.05, 3.63) is 60.9 Å². The minimum absolute atomic E-state index is 0.386. The Bertz CT molecular complexity index is 1170. The molecular formula is C24H24N2O5. The summed E-state index contributed by atoms with van der Waals surface area (Å²) < 4.78 is 28.0. The lowest BCUT2D eigenvalue weighted by atomic mass is 10.1. The van der Waals surface area contributed by atoms with Crippen LogP contribution in [-0.4, -0.2) is 50.6 Å². The molecule has 0 spiro atoms. The number of hydrogen-bond acceptors (Lipinski definition) is 7. The first-order chi connectivity index (χ1) is 15.3. The molecule has 0 aliphatic rings. The van der Waals surface area contributed by atoms with E-state index in [0.29, 0.717) is 55.1 Å². The third kappa shape index (κ3) is 5.02. The molecule has 0 amide bonds. The molecule has 0 aliphatic heterocycles. The van der Waals surface area contributed by atoms with Gasteiger partial charge in [0.25, 0.3) is 0 Å². The Morgan fingerprint density at radius 1 is 0.710 bits per heavy atom. The van der Waals surface area contributed by atoms with E-state index in [0.717, 1.165) is 16.2 Å². The molecule has 7 heteroatoms. The number of fused-ring (bicyclic) bond motifs is 2. The normalized spacial score (nSPS) is 11.0. The van der Waals surface area contributed by atoms with Crippen LogP contribution >= 0.6 is 0 Å². The first-order valence-corrected chi connectivity index (χ1v) is 9.97. The second kappa shape index (κ2) is 10.1. The summed E-state index contributed by atoms with van der Waals surface area (Å²) in [6.45, 7) is 1.71. The minimum atomic E-state index is 0.386. The number of benzene rings is 3. The van der Waals surface area contributed by atoms with Gasteiger partial charge in [-0.3, -0.25) is 0 Å². The van der Waals surface area contributed by atoms with Crippen LogP contribution in [0.15, 0.2) is 60.9 Å². The number of methoxy groups -OCH3 is 2. The van der Waals surface area contributed by atoms with Gasteiger partial charge in [-0.25, -0.2) is 9.97 Å². The number of hydrogen-bond donors (Lipinski definition) is 0. The van der Waals surface area contributed by atoms with Crippen LogP contribution in [0.4, 0.5) is 0 Å². The second-order valence-electron chi connectivity index (χ2n) is 6.79. The standard InChI is InChI=1S/C24H24N2O5/c1-27-9-11-29-22-14-20-21(15-23(22)30-12-10-28-2)25-16-26-24(20)31-19-8-7-17-5-3-4-6-18(17)13-19/h3-8,13-16H,9-12H2,1-2H3. The lowest BCUT2D eigenvalue weighted by Crippen LogP contribution is -2.08. The van der Waals surface area contributed by atoms with E-state index in [-0.39, 0.29) is 0 Å². The number of nitrogens with zero attached hydrogens (tertiary/aromatic N) is 2. The molecule has 0 saturated carbocycles. The van der Waals surface area contributed by atoms with Crippen molar-refractivity contribution in [2.45, 2.75) is 0 Å². The maximum atomic E-state index is 6.13. The fourth-order valence-corrected chi connectivity index (χ4v) is 3.16. The molecule has 0 unspecified atom stereocenters. The average molecular weight is 420 g/mol. The van der Waals surface area contributed by atoms with Gasteiger partial charge in [-0.2, -0.15) is 0 Å². The van der Waals surface area contributed by atoms with E-state index in [1.165, 1.54) is 6.33 Å². The van der Waals surface area contributed by atoms with Gasteiger partial charge in [-0.15, -0.1) is 0 Å². The minimum Gasteiger partial charge on any atom is -0.487 e. The molecule has 31 heavy (non-hydrogen) atoms. The van der Waals surface area contributed by atoms with Crippen molar-refractivity contribution >= 4 is 21.7 Å². The molecule has 4 rings (SSSR count). The van der Waals surface area contributed by atoms with Crippen LogP contribution < -0.4 is 14.2 Å². The van der Waals surface area contributed by atoms with Crippen LogP contribution in [0, 0.1) is 0 Å². The van der Waals surface area contributed by atoms with Gasteiger partial charge >= 0.3 is 0 Å². The molecule has 0 radical (unpaired) electrons. The zero-order valence-corrected chi connectivity index (χ0v) is 17.5. The van der Waals surface area contributed by atoms with Crippen LogP contribution in [0.5, 0.6) is 23.1 Å². The molecule has 0 aliphatic carbocycles. The van der Waals surface area contributed by atoms with Gasteiger partial charge in [0.05, 0.1) is 24.1 Å². The zero-order valence-electron chi connectivity index (χ0n) is 17.5. The van der Waals surface area contributed by atoms with Crippen molar-refractivity contribution in [1.82, 2.24) is 9.97 Å². The Morgan fingerprint density at radius 2 is 1.42 bits per heavy atom. The quantitative estimate of drug-likeness (QED) is 0.347. The highest BCUT2D eigenvalue weighted by Gasteiger charge is 2.14. The van der Waals surface area contributed by atoms with E-state index < -0.39 is 0 Å². The van der Waals surface area contributed by atoms with Crippen molar-refractivity contribution in [1.29, 1.82) is 0 Å². The SMILES string of the molecule is COCCOc1cc2ncnc(Oc3ccc4ccccc4c3)c2cc1OCCOC. The summed E-state index contributed by atoms with van der Waals surface area (Å²) in [7, 11) is 3.26. The van der Waals surface area contributed by atoms with Gasteiger partial charge in [0, 0.05) is 20.3 Å². The summed E-state index contributed by atoms with van der Waals surface area (Å²) in [6.07, 6.45) is 1.48. The van der Waals surface area contributed by atoms with Gasteiger partial charge < -0.3 is 23.7 Å². The average Bonchev–Trinajstić information content (AvgIpc) is 2.80. The third-order valence-electron chi connectivity index (χ3n) is 4.69. The van der Waals surface area contributed by atoms with E-state index in [1.807, 2.05) is 48.5 Å². The molecular weight excluding hydrogens is 396 g/mol. The Hall–Kier alpha value is -3.42. The van der Waals surface area contributed by atoms with Gasteiger partial charge in [0.2, 0.25) is 5.88 Å². The molecule has 0 bridgehead atoms. The largest absolute Gasteiger partial charge is 0.487 e. The van der Waals surface area contributed by atoms with E-state index in [4.69, 9.17) is 23.7 Å². The highest BCUT2D eigenvalue weighted by Crippen LogP contribution is 2.36. The van der Waals surface area contributed by atoms with Crippen molar-refractivity contribution in [3.63, 3.8) is 0 Å². The Balaban J connectivity index is 1.68. The van der Waals surface area contributed by atoms with Gasteiger partial charge in [0.15, 0.2) is 11.5 Å². The van der Waals surface area contributed by atoms with Crippen molar-refractivity contribution in [3.8, 4) is 23.1 Å². The van der Waals surface area contributed by atoms with Crippen LogP contribution in [0.1, 0.15) is 0 Å². The fraction of sp³-hybridized carbons (Fsp3) is 0.250. The fourth-order valence-electron chi connectivity index (χ4n) is 3.16. The van der Waals surface area contributed by atoms with Gasteiger partial charge in [-0.1, -0.05) is 30.3 Å². The first kappa shape index (κ1) is 20.8. The Labute approximate surface area is 180 Å². The highest BCUT2D eigenvalue weighted by molar-refractivity contribution is 5.87. The van der Waals surface area contributed by atoms with Crippen LogP contribution in [0.3, 0.4) is 0 Å². The maximum absolute atomic E-state index is 6.13. The zero-order chi connectivity index (χ0) is 21.5.